The first-order valence-corrected chi connectivity index (χ1v) is 2.05. The molecule has 0 unspecified atom stereocenters. The van der Waals surface area contributed by atoms with Crippen molar-refractivity contribution in [3.8, 4) is 0 Å². The van der Waals surface area contributed by atoms with E-state index in [-0.39, 0.29) is 32.7 Å². The van der Waals surface area contributed by atoms with Gasteiger partial charge in [-0.15, -0.1) is 6.20 Å². The molecule has 39 valence electrons. The van der Waals surface area contributed by atoms with Crippen LogP contribution in [0.4, 0.5) is 0 Å². The van der Waals surface area contributed by atoms with Gasteiger partial charge in [0.15, 0.2) is 0 Å². The molecular weight excluding hydrogens is 177 g/mol. The maximum absolute atomic E-state index is 3.67. The zero-order valence-corrected chi connectivity index (χ0v) is 7.46. The Morgan fingerprint density at radius 3 is 2.62 bits per heavy atom. The third-order valence-corrected chi connectivity index (χ3v) is 0.641. The van der Waals surface area contributed by atoms with Crippen molar-refractivity contribution in [3.05, 3.63) is 24.0 Å². The summed E-state index contributed by atoms with van der Waals surface area (Å²) in [6.07, 6.45) is 1.60. The fourth-order valence-corrected chi connectivity index (χ4v) is 0.340. The van der Waals surface area contributed by atoms with Crippen molar-refractivity contribution in [1.82, 2.24) is 10.2 Å². The van der Waals surface area contributed by atoms with Crippen molar-refractivity contribution in [1.29, 1.82) is 0 Å². The van der Waals surface area contributed by atoms with Crippen molar-refractivity contribution < 1.29 is 32.7 Å². The molecule has 0 amide bonds. The monoisotopic (exact) mass is 182 g/mol. The second kappa shape index (κ2) is 4.10. The van der Waals surface area contributed by atoms with E-state index in [1.807, 2.05) is 6.92 Å². The summed E-state index contributed by atoms with van der Waals surface area (Å²) in [5.41, 5.74) is 0.836. The maximum Gasteiger partial charge on any atom is 0 e. The molecule has 0 aliphatic carbocycles. The molecule has 0 saturated heterocycles. The summed E-state index contributed by atoms with van der Waals surface area (Å²) < 4.78 is 0. The van der Waals surface area contributed by atoms with Gasteiger partial charge in [0, 0.05) is 32.7 Å². The van der Waals surface area contributed by atoms with E-state index in [0.29, 0.717) is 0 Å². The molecule has 0 aliphatic heterocycles. The predicted molar refractivity (Wildman–Crippen MR) is 25.6 cm³/mol. The van der Waals surface area contributed by atoms with Gasteiger partial charge in [-0.3, -0.25) is 5.10 Å². The third-order valence-electron chi connectivity index (χ3n) is 0.641. The summed E-state index contributed by atoms with van der Waals surface area (Å²) >= 11 is 0. The first-order chi connectivity index (χ1) is 3.39. The van der Waals surface area contributed by atoms with Crippen LogP contribution in [0.3, 0.4) is 0 Å². The third kappa shape index (κ3) is 2.48. The molecule has 0 aliphatic rings. The SMILES string of the molecule is Cc1[c-]ccnn1.[Y]. The van der Waals surface area contributed by atoms with Crippen LogP contribution in [0.2, 0.25) is 0 Å². The van der Waals surface area contributed by atoms with E-state index in [4.69, 9.17) is 0 Å². The Balaban J connectivity index is 0.000000490. The Labute approximate surface area is 73.6 Å². The largest absolute Gasteiger partial charge is 0.258 e. The van der Waals surface area contributed by atoms with Crippen LogP contribution in [0.25, 0.3) is 0 Å². The van der Waals surface area contributed by atoms with Gasteiger partial charge in [-0.2, -0.15) is 5.10 Å². The van der Waals surface area contributed by atoms with Gasteiger partial charge in [0.25, 0.3) is 0 Å². The molecule has 0 saturated carbocycles. The number of rotatable bonds is 0. The minimum Gasteiger partial charge on any atom is -0.258 e. The molecule has 0 fully saturated rings. The van der Waals surface area contributed by atoms with Crippen LogP contribution in [-0.4, -0.2) is 10.2 Å². The molecule has 8 heavy (non-hydrogen) atoms. The van der Waals surface area contributed by atoms with Gasteiger partial charge in [-0.25, -0.2) is 12.1 Å². The van der Waals surface area contributed by atoms with Crippen molar-refractivity contribution >= 4 is 0 Å². The van der Waals surface area contributed by atoms with Crippen LogP contribution in [0.15, 0.2) is 12.3 Å². The average Bonchev–Trinajstić information content (AvgIpc) is 1.69. The van der Waals surface area contributed by atoms with Crippen LogP contribution in [-0.2, 0) is 32.7 Å². The first-order valence-electron chi connectivity index (χ1n) is 2.05. The molecule has 0 N–H and O–H groups in total. The molecule has 1 aromatic heterocycles. The summed E-state index contributed by atoms with van der Waals surface area (Å²) in [5.74, 6) is 0. The van der Waals surface area contributed by atoms with Crippen molar-refractivity contribution in [2.45, 2.75) is 6.92 Å². The summed E-state index contributed by atoms with van der Waals surface area (Å²) in [6, 6.07) is 4.60. The number of hydrogen-bond donors (Lipinski definition) is 0. The Morgan fingerprint density at radius 2 is 2.38 bits per heavy atom. The molecule has 1 rings (SSSR count). The summed E-state index contributed by atoms with van der Waals surface area (Å²) in [6.45, 7) is 1.85. The molecule has 0 bridgehead atoms. The van der Waals surface area contributed by atoms with Crippen molar-refractivity contribution in [3.63, 3.8) is 0 Å². The van der Waals surface area contributed by atoms with Crippen LogP contribution in [0, 0.1) is 13.0 Å². The molecule has 2 nitrogen and oxygen atoms in total. The van der Waals surface area contributed by atoms with E-state index >= 15 is 0 Å². The minimum absolute atomic E-state index is 0. The van der Waals surface area contributed by atoms with E-state index in [0.717, 1.165) is 5.69 Å². The van der Waals surface area contributed by atoms with Crippen LogP contribution in [0.5, 0.6) is 0 Å². The van der Waals surface area contributed by atoms with Crippen LogP contribution in [0.1, 0.15) is 5.69 Å². The van der Waals surface area contributed by atoms with Gasteiger partial charge < -0.3 is 0 Å². The Morgan fingerprint density at radius 1 is 1.62 bits per heavy atom. The molecule has 0 aromatic carbocycles. The van der Waals surface area contributed by atoms with E-state index in [1.165, 1.54) is 0 Å². The zero-order valence-electron chi connectivity index (χ0n) is 4.63. The van der Waals surface area contributed by atoms with Gasteiger partial charge in [0.05, 0.1) is 0 Å². The molecule has 0 spiro atoms. The molecule has 3 heteroatoms. The molecule has 1 radical (unpaired) electrons. The van der Waals surface area contributed by atoms with E-state index < -0.39 is 0 Å². The molecule has 0 atom stereocenters. The van der Waals surface area contributed by atoms with Crippen LogP contribution < -0.4 is 0 Å². The van der Waals surface area contributed by atoms with E-state index in [1.54, 1.807) is 12.3 Å². The molecule has 1 aromatic rings. The fourth-order valence-electron chi connectivity index (χ4n) is 0.340. The predicted octanol–water partition coefficient (Wildman–Crippen LogP) is 0.583. The van der Waals surface area contributed by atoms with Crippen molar-refractivity contribution in [2.75, 3.05) is 0 Å². The van der Waals surface area contributed by atoms with Gasteiger partial charge >= 0.3 is 0 Å². The average molecular weight is 182 g/mol. The van der Waals surface area contributed by atoms with E-state index in [2.05, 4.69) is 16.3 Å². The van der Waals surface area contributed by atoms with E-state index in [9.17, 15) is 0 Å². The number of aryl methyl sites for hydroxylation is 1. The number of nitrogens with zero attached hydrogens (tertiary/aromatic N) is 2. The second-order valence-electron chi connectivity index (χ2n) is 1.26. The topological polar surface area (TPSA) is 25.8 Å². The van der Waals surface area contributed by atoms with Gasteiger partial charge in [-0.05, 0) is 12.6 Å². The summed E-state index contributed by atoms with van der Waals surface area (Å²) in [7, 11) is 0. The number of aromatic nitrogens is 2. The zero-order chi connectivity index (χ0) is 5.11. The first kappa shape index (κ1) is 8.18. The summed E-state index contributed by atoms with van der Waals surface area (Å²) in [5, 5.41) is 7.28. The number of hydrogen-bond acceptors (Lipinski definition) is 2. The Hall–Kier alpha value is 0.184. The second-order valence-corrected chi connectivity index (χ2v) is 1.26. The standard InChI is InChI=1S/C5H5N2.Y/c1-5-3-2-4-6-7-5;/h2,4H,1H3;/q-1;. The molecule has 1 heterocycles. The Bertz CT molecular complexity index is 140. The fraction of sp³-hybridized carbons (Fsp3) is 0.200. The Kier molecular flexibility index (Phi) is 4.20. The summed E-state index contributed by atoms with van der Waals surface area (Å²) in [4.78, 5) is 0. The van der Waals surface area contributed by atoms with Gasteiger partial charge in [0.1, 0.15) is 0 Å². The normalized spacial score (nSPS) is 7.62. The van der Waals surface area contributed by atoms with Gasteiger partial charge in [-0.1, -0.05) is 0 Å². The minimum atomic E-state index is 0. The van der Waals surface area contributed by atoms with Crippen LogP contribution >= 0.6 is 0 Å². The van der Waals surface area contributed by atoms with Crippen molar-refractivity contribution in [2.24, 2.45) is 0 Å². The maximum atomic E-state index is 3.67. The smallest absolute Gasteiger partial charge is 0 e. The molecular formula is C5H5N2Y-. The van der Waals surface area contributed by atoms with Gasteiger partial charge in [0.2, 0.25) is 0 Å². The quantitative estimate of drug-likeness (QED) is 0.548.